The second-order valence-electron chi connectivity index (χ2n) is 7.79. The van der Waals surface area contributed by atoms with Gasteiger partial charge in [-0.05, 0) is 19.1 Å². The van der Waals surface area contributed by atoms with Crippen LogP contribution in [0.4, 0.5) is 4.79 Å². The quantitative estimate of drug-likeness (QED) is 0.766. The van der Waals surface area contributed by atoms with Gasteiger partial charge in [-0.1, -0.05) is 18.2 Å². The van der Waals surface area contributed by atoms with Crippen LogP contribution >= 0.6 is 0 Å². The largest absolute Gasteiger partial charge is 0.492 e. The normalized spacial score (nSPS) is 19.2. The summed E-state index contributed by atoms with van der Waals surface area (Å²) in [5.74, 6) is 0.823. The first-order valence-corrected chi connectivity index (χ1v) is 9.90. The molecular formula is C21H28N4O3. The van der Waals surface area contributed by atoms with Gasteiger partial charge >= 0.3 is 6.09 Å². The van der Waals surface area contributed by atoms with Gasteiger partial charge in [0.05, 0.1) is 19.3 Å². The van der Waals surface area contributed by atoms with Crippen LogP contribution in [0.5, 0.6) is 5.75 Å². The molecule has 0 saturated carbocycles. The Kier molecular flexibility index (Phi) is 5.26. The third-order valence-electron chi connectivity index (χ3n) is 5.91. The Hall–Kier alpha value is -2.54. The van der Waals surface area contributed by atoms with Gasteiger partial charge < -0.3 is 14.4 Å². The number of rotatable bonds is 6. The minimum atomic E-state index is -0.343. The van der Waals surface area contributed by atoms with Gasteiger partial charge in [0.1, 0.15) is 18.0 Å². The summed E-state index contributed by atoms with van der Waals surface area (Å²) in [5, 5.41) is 4.32. The van der Waals surface area contributed by atoms with Crippen molar-refractivity contribution in [2.75, 3.05) is 32.8 Å². The number of likely N-dealkylation sites (tertiary alicyclic amines) is 1. The predicted molar refractivity (Wildman–Crippen MR) is 105 cm³/mol. The molecule has 7 nitrogen and oxygen atoms in total. The summed E-state index contributed by atoms with van der Waals surface area (Å²) in [6.45, 7) is 6.53. The van der Waals surface area contributed by atoms with Gasteiger partial charge in [-0.2, -0.15) is 5.10 Å². The lowest BCUT2D eigenvalue weighted by Crippen LogP contribution is -2.46. The second-order valence-corrected chi connectivity index (χ2v) is 7.79. The number of nitrogens with zero attached hydrogens (tertiary/aromatic N) is 4. The number of benzene rings is 1. The smallest absolute Gasteiger partial charge is 0.410 e. The topological polar surface area (TPSA) is 59.8 Å². The fourth-order valence-corrected chi connectivity index (χ4v) is 3.97. The molecule has 3 heterocycles. The summed E-state index contributed by atoms with van der Waals surface area (Å²) in [6, 6.07) is 9.67. The molecule has 2 aliphatic rings. The summed E-state index contributed by atoms with van der Waals surface area (Å²) < 4.78 is 13.5. The second kappa shape index (κ2) is 7.83. The highest BCUT2D eigenvalue weighted by molar-refractivity contribution is 5.70. The Morgan fingerprint density at radius 2 is 1.96 bits per heavy atom. The number of ether oxygens (including phenoxy) is 2. The summed E-state index contributed by atoms with van der Waals surface area (Å²) in [7, 11) is 1.97. The van der Waals surface area contributed by atoms with Crippen molar-refractivity contribution in [2.24, 2.45) is 7.05 Å². The lowest BCUT2D eigenvalue weighted by atomic mass is 9.91. The molecule has 7 heteroatoms. The van der Waals surface area contributed by atoms with Gasteiger partial charge in [-0.15, -0.1) is 0 Å². The molecule has 2 aromatic rings. The van der Waals surface area contributed by atoms with Crippen molar-refractivity contribution in [3.05, 3.63) is 47.8 Å². The zero-order valence-electron chi connectivity index (χ0n) is 16.6. The molecule has 2 fully saturated rings. The van der Waals surface area contributed by atoms with E-state index in [1.54, 1.807) is 4.90 Å². The molecule has 150 valence electrons. The third kappa shape index (κ3) is 3.99. The van der Waals surface area contributed by atoms with Crippen LogP contribution < -0.4 is 4.74 Å². The van der Waals surface area contributed by atoms with E-state index < -0.39 is 0 Å². The average Bonchev–Trinajstić information content (AvgIpc) is 3.18. The molecule has 0 atom stereocenters. The maximum Gasteiger partial charge on any atom is 0.410 e. The molecule has 2 aliphatic heterocycles. The summed E-state index contributed by atoms with van der Waals surface area (Å²) in [5.41, 5.74) is 2.13. The zero-order chi connectivity index (χ0) is 19.6. The lowest BCUT2D eigenvalue weighted by molar-refractivity contribution is -0.00128. The number of hydrogen-bond donors (Lipinski definition) is 0. The minimum Gasteiger partial charge on any atom is -0.492 e. The number of carbonyl (C=O) groups excluding carboxylic acids is 1. The van der Waals surface area contributed by atoms with E-state index in [2.05, 4.69) is 16.9 Å². The predicted octanol–water partition coefficient (Wildman–Crippen LogP) is 2.59. The Morgan fingerprint density at radius 3 is 2.64 bits per heavy atom. The van der Waals surface area contributed by atoms with Gasteiger partial charge in [-0.3, -0.25) is 9.58 Å². The summed E-state index contributed by atoms with van der Waals surface area (Å²) >= 11 is 0. The number of amides is 1. The summed E-state index contributed by atoms with van der Waals surface area (Å²) in [4.78, 5) is 16.5. The Morgan fingerprint density at radius 1 is 1.21 bits per heavy atom. The van der Waals surface area contributed by atoms with E-state index in [0.717, 1.165) is 38.2 Å². The van der Waals surface area contributed by atoms with Crippen molar-refractivity contribution in [2.45, 2.75) is 31.9 Å². The van der Waals surface area contributed by atoms with Crippen LogP contribution in [0.1, 0.15) is 24.1 Å². The van der Waals surface area contributed by atoms with Crippen LogP contribution in [-0.4, -0.2) is 64.1 Å². The first-order chi connectivity index (χ1) is 13.5. The van der Waals surface area contributed by atoms with Crippen LogP contribution in [0, 0.1) is 6.92 Å². The molecule has 2 saturated heterocycles. The van der Waals surface area contributed by atoms with Gasteiger partial charge in [0.2, 0.25) is 0 Å². The molecule has 28 heavy (non-hydrogen) atoms. The number of piperidine rings is 1. The molecule has 1 spiro atoms. The molecule has 1 aromatic heterocycles. The summed E-state index contributed by atoms with van der Waals surface area (Å²) in [6.07, 6.45) is 3.47. The van der Waals surface area contributed by atoms with E-state index in [0.29, 0.717) is 19.7 Å². The maximum absolute atomic E-state index is 12.3. The monoisotopic (exact) mass is 384 g/mol. The van der Waals surface area contributed by atoms with Gasteiger partial charge in [0.25, 0.3) is 0 Å². The highest BCUT2D eigenvalue weighted by Gasteiger charge is 2.46. The van der Waals surface area contributed by atoms with E-state index in [9.17, 15) is 4.79 Å². The van der Waals surface area contributed by atoms with Crippen LogP contribution in [0.2, 0.25) is 0 Å². The average molecular weight is 384 g/mol. The lowest BCUT2D eigenvalue weighted by Gasteiger charge is -2.37. The van der Waals surface area contributed by atoms with Crippen molar-refractivity contribution < 1.29 is 14.3 Å². The van der Waals surface area contributed by atoms with E-state index in [1.165, 1.54) is 11.3 Å². The molecule has 4 rings (SSSR count). The molecule has 1 amide bonds. The molecular weight excluding hydrogens is 356 g/mol. The fraction of sp³-hybridized carbons (Fsp3) is 0.524. The SMILES string of the molecule is Cc1c(CN2CCC3(CC2)CN(CCOc2ccccc2)C(=O)O3)cnn1C. The van der Waals surface area contributed by atoms with E-state index in [4.69, 9.17) is 9.47 Å². The molecule has 0 bridgehead atoms. The Bertz CT molecular complexity index is 812. The van der Waals surface area contributed by atoms with Crippen LogP contribution in [-0.2, 0) is 18.3 Å². The van der Waals surface area contributed by atoms with Crippen molar-refractivity contribution in [3.8, 4) is 5.75 Å². The number of hydrogen-bond acceptors (Lipinski definition) is 5. The van der Waals surface area contributed by atoms with E-state index in [-0.39, 0.29) is 11.7 Å². The Balaban J connectivity index is 1.26. The minimum absolute atomic E-state index is 0.215. The number of aryl methyl sites for hydroxylation is 1. The van der Waals surface area contributed by atoms with Crippen molar-refractivity contribution in [1.82, 2.24) is 19.6 Å². The first-order valence-electron chi connectivity index (χ1n) is 9.90. The molecule has 0 N–H and O–H groups in total. The van der Waals surface area contributed by atoms with Crippen molar-refractivity contribution >= 4 is 6.09 Å². The highest BCUT2D eigenvalue weighted by Crippen LogP contribution is 2.33. The van der Waals surface area contributed by atoms with Crippen LogP contribution in [0.3, 0.4) is 0 Å². The van der Waals surface area contributed by atoms with Gasteiger partial charge in [-0.25, -0.2) is 4.79 Å². The van der Waals surface area contributed by atoms with E-state index in [1.807, 2.05) is 48.3 Å². The third-order valence-corrected chi connectivity index (χ3v) is 5.91. The van der Waals surface area contributed by atoms with Crippen LogP contribution in [0.15, 0.2) is 36.5 Å². The van der Waals surface area contributed by atoms with Crippen molar-refractivity contribution in [3.63, 3.8) is 0 Å². The van der Waals surface area contributed by atoms with Gasteiger partial charge in [0.15, 0.2) is 0 Å². The van der Waals surface area contributed by atoms with Crippen LogP contribution in [0.25, 0.3) is 0 Å². The maximum atomic E-state index is 12.3. The molecule has 0 aliphatic carbocycles. The van der Waals surface area contributed by atoms with Gasteiger partial charge in [0, 0.05) is 50.8 Å². The van der Waals surface area contributed by atoms with E-state index >= 15 is 0 Å². The molecule has 1 aromatic carbocycles. The number of carbonyl (C=O) groups is 1. The molecule has 0 unspecified atom stereocenters. The number of aromatic nitrogens is 2. The highest BCUT2D eigenvalue weighted by atomic mass is 16.6. The first kappa shape index (κ1) is 18.8. The fourth-order valence-electron chi connectivity index (χ4n) is 3.97. The number of para-hydroxylation sites is 1. The Labute approximate surface area is 165 Å². The standard InChI is InChI=1S/C21H28N4O3/c1-17-18(14-22-23(17)2)15-24-10-8-21(9-11-24)16-25(20(26)28-21)12-13-27-19-6-4-3-5-7-19/h3-7,14H,8-13,15-16H2,1-2H3. The molecule has 0 radical (unpaired) electrons. The zero-order valence-corrected chi connectivity index (χ0v) is 16.6. The van der Waals surface area contributed by atoms with Crippen molar-refractivity contribution in [1.29, 1.82) is 0 Å².